The molecule has 1 aliphatic rings. The summed E-state index contributed by atoms with van der Waals surface area (Å²) in [5.41, 5.74) is 3.72. The van der Waals surface area contributed by atoms with E-state index in [0.29, 0.717) is 0 Å². The molecule has 1 aromatic rings. The maximum Gasteiger partial charge on any atom is 0.191 e. The van der Waals surface area contributed by atoms with Crippen molar-refractivity contribution in [2.75, 3.05) is 32.7 Å². The lowest BCUT2D eigenvalue weighted by molar-refractivity contribution is 0.148. The number of likely N-dealkylation sites (tertiary alicyclic amines) is 1. The van der Waals surface area contributed by atoms with Crippen LogP contribution in [0.2, 0.25) is 0 Å². The first-order chi connectivity index (χ1) is 12.6. The molecule has 0 aliphatic carbocycles. The topological polar surface area (TPSA) is 57.5 Å². The molecule has 6 nitrogen and oxygen atoms in total. The van der Waals surface area contributed by atoms with Gasteiger partial charge in [-0.15, -0.1) is 0 Å². The number of hydrogen-bond acceptors (Lipinski definition) is 3. The Kier molecular flexibility index (Phi) is 8.42. The van der Waals surface area contributed by atoms with Gasteiger partial charge in [-0.3, -0.25) is 14.6 Å². The summed E-state index contributed by atoms with van der Waals surface area (Å²) in [7, 11) is 2.01. The molecule has 1 unspecified atom stereocenters. The third kappa shape index (κ3) is 5.73. The third-order valence-electron chi connectivity index (χ3n) is 5.55. The van der Waals surface area contributed by atoms with Gasteiger partial charge in [-0.25, -0.2) is 0 Å². The molecular formula is C20H38N6. The predicted molar refractivity (Wildman–Crippen MR) is 110 cm³/mol. The number of aliphatic imine (C=N–C) groups is 1. The Balaban J connectivity index is 1.82. The summed E-state index contributed by atoms with van der Waals surface area (Å²) >= 11 is 0. The van der Waals surface area contributed by atoms with Crippen LogP contribution in [0.3, 0.4) is 0 Å². The zero-order valence-electron chi connectivity index (χ0n) is 17.4. The van der Waals surface area contributed by atoms with Gasteiger partial charge >= 0.3 is 0 Å². The average molecular weight is 363 g/mol. The van der Waals surface area contributed by atoms with Gasteiger partial charge in [-0.05, 0) is 58.6 Å². The Morgan fingerprint density at radius 3 is 2.69 bits per heavy atom. The van der Waals surface area contributed by atoms with Crippen molar-refractivity contribution in [3.63, 3.8) is 0 Å². The molecule has 2 N–H and O–H groups in total. The van der Waals surface area contributed by atoms with Gasteiger partial charge in [0.25, 0.3) is 0 Å². The van der Waals surface area contributed by atoms with Crippen molar-refractivity contribution < 1.29 is 0 Å². The Labute approximate surface area is 159 Å². The molecule has 6 heteroatoms. The van der Waals surface area contributed by atoms with E-state index in [1.54, 1.807) is 0 Å². The Hall–Kier alpha value is -1.56. The van der Waals surface area contributed by atoms with Crippen molar-refractivity contribution >= 4 is 5.96 Å². The number of hydrogen-bond donors (Lipinski definition) is 2. The fourth-order valence-electron chi connectivity index (χ4n) is 3.93. The number of nitrogens with one attached hydrogen (secondary N) is 2. The summed E-state index contributed by atoms with van der Waals surface area (Å²) in [5.74, 6) is 0.928. The lowest BCUT2D eigenvalue weighted by Crippen LogP contribution is -2.42. The van der Waals surface area contributed by atoms with E-state index < -0.39 is 0 Å². The first kappa shape index (κ1) is 20.7. The number of guanidine groups is 1. The van der Waals surface area contributed by atoms with E-state index in [2.05, 4.69) is 48.3 Å². The minimum absolute atomic E-state index is 0.756. The molecule has 0 saturated carbocycles. The van der Waals surface area contributed by atoms with Crippen LogP contribution in [0.4, 0.5) is 0 Å². The van der Waals surface area contributed by atoms with Crippen molar-refractivity contribution in [2.45, 2.75) is 65.8 Å². The molecule has 2 rings (SSSR count). The van der Waals surface area contributed by atoms with Gasteiger partial charge in [0.05, 0.1) is 12.2 Å². The third-order valence-corrected chi connectivity index (χ3v) is 5.55. The predicted octanol–water partition coefficient (Wildman–Crippen LogP) is 2.40. The summed E-state index contributed by atoms with van der Waals surface area (Å²) in [5, 5.41) is 11.3. The highest BCUT2D eigenvalue weighted by molar-refractivity contribution is 5.79. The molecule has 1 aliphatic heterocycles. The van der Waals surface area contributed by atoms with Gasteiger partial charge in [-0.1, -0.05) is 13.3 Å². The minimum atomic E-state index is 0.756. The molecular weight excluding hydrogens is 324 g/mol. The highest BCUT2D eigenvalue weighted by atomic mass is 15.3. The number of rotatable bonds is 8. The molecule has 0 bridgehead atoms. The second-order valence-electron chi connectivity index (χ2n) is 7.30. The number of piperidine rings is 1. The minimum Gasteiger partial charge on any atom is -0.357 e. The van der Waals surface area contributed by atoms with Crippen LogP contribution in [0.15, 0.2) is 4.99 Å². The van der Waals surface area contributed by atoms with Crippen molar-refractivity contribution in [2.24, 2.45) is 12.0 Å². The van der Waals surface area contributed by atoms with Gasteiger partial charge in [0.15, 0.2) is 5.96 Å². The second kappa shape index (κ2) is 10.6. The molecule has 1 aromatic heterocycles. The zero-order valence-corrected chi connectivity index (χ0v) is 17.4. The van der Waals surface area contributed by atoms with Gasteiger partial charge in [0, 0.05) is 38.4 Å². The van der Waals surface area contributed by atoms with Crippen LogP contribution in [0.1, 0.15) is 56.5 Å². The van der Waals surface area contributed by atoms with Crippen LogP contribution in [0.25, 0.3) is 0 Å². The molecule has 0 spiro atoms. The maximum absolute atomic E-state index is 4.79. The fourth-order valence-corrected chi connectivity index (χ4v) is 3.93. The highest BCUT2D eigenvalue weighted by Gasteiger charge is 2.19. The monoisotopic (exact) mass is 362 g/mol. The largest absolute Gasteiger partial charge is 0.357 e. The van der Waals surface area contributed by atoms with Gasteiger partial charge < -0.3 is 10.6 Å². The molecule has 0 amide bonds. The lowest BCUT2D eigenvalue weighted by Gasteiger charge is -2.34. The Bertz CT molecular complexity index is 577. The van der Waals surface area contributed by atoms with E-state index in [1.165, 1.54) is 43.5 Å². The molecule has 26 heavy (non-hydrogen) atoms. The van der Waals surface area contributed by atoms with Crippen LogP contribution in [0.5, 0.6) is 0 Å². The van der Waals surface area contributed by atoms with E-state index in [4.69, 9.17) is 4.99 Å². The van der Waals surface area contributed by atoms with E-state index in [9.17, 15) is 0 Å². The SMILES string of the molecule is CCNC(=NCCN1CCCCC1CC)NCCc1c(C)nn(C)c1C. The van der Waals surface area contributed by atoms with Crippen molar-refractivity contribution in [3.05, 3.63) is 17.0 Å². The summed E-state index contributed by atoms with van der Waals surface area (Å²) in [6.45, 7) is 13.6. The van der Waals surface area contributed by atoms with Gasteiger partial charge in [-0.2, -0.15) is 5.10 Å². The van der Waals surface area contributed by atoms with E-state index >= 15 is 0 Å². The van der Waals surface area contributed by atoms with Gasteiger partial charge in [0.1, 0.15) is 0 Å². The summed E-state index contributed by atoms with van der Waals surface area (Å²) in [4.78, 5) is 7.41. The normalized spacial score (nSPS) is 19.0. The van der Waals surface area contributed by atoms with Crippen LogP contribution in [-0.4, -0.2) is 59.4 Å². The van der Waals surface area contributed by atoms with E-state index in [0.717, 1.165) is 50.3 Å². The number of nitrogens with zero attached hydrogens (tertiary/aromatic N) is 4. The van der Waals surface area contributed by atoms with Crippen LogP contribution >= 0.6 is 0 Å². The van der Waals surface area contributed by atoms with Crippen molar-refractivity contribution in [1.29, 1.82) is 0 Å². The molecule has 1 saturated heterocycles. The molecule has 148 valence electrons. The zero-order chi connectivity index (χ0) is 18.9. The Morgan fingerprint density at radius 2 is 2.04 bits per heavy atom. The van der Waals surface area contributed by atoms with Crippen molar-refractivity contribution in [1.82, 2.24) is 25.3 Å². The second-order valence-corrected chi connectivity index (χ2v) is 7.30. The van der Waals surface area contributed by atoms with Crippen LogP contribution in [-0.2, 0) is 13.5 Å². The average Bonchev–Trinajstić information content (AvgIpc) is 2.88. The summed E-state index contributed by atoms with van der Waals surface area (Å²) in [6, 6.07) is 0.756. The quantitative estimate of drug-likeness (QED) is 0.551. The molecule has 1 atom stereocenters. The lowest BCUT2D eigenvalue weighted by atomic mass is 10.0. The number of aromatic nitrogens is 2. The maximum atomic E-state index is 4.79. The molecule has 0 radical (unpaired) electrons. The highest BCUT2D eigenvalue weighted by Crippen LogP contribution is 2.18. The Morgan fingerprint density at radius 1 is 1.23 bits per heavy atom. The van der Waals surface area contributed by atoms with Crippen LogP contribution in [0, 0.1) is 13.8 Å². The van der Waals surface area contributed by atoms with E-state index in [-0.39, 0.29) is 0 Å². The first-order valence-corrected chi connectivity index (χ1v) is 10.3. The van der Waals surface area contributed by atoms with E-state index in [1.807, 2.05) is 11.7 Å². The fraction of sp³-hybridized carbons (Fsp3) is 0.800. The van der Waals surface area contributed by atoms with Gasteiger partial charge in [0.2, 0.25) is 0 Å². The molecule has 2 heterocycles. The molecule has 0 aromatic carbocycles. The first-order valence-electron chi connectivity index (χ1n) is 10.3. The standard InChI is InChI=1S/C20H38N6/c1-6-18-10-8-9-14-26(18)15-13-23-20(21-7-2)22-12-11-19-16(3)24-25(5)17(19)4/h18H,6-15H2,1-5H3,(H2,21,22,23). The van der Waals surface area contributed by atoms with Crippen LogP contribution < -0.4 is 10.6 Å². The molecule has 1 fully saturated rings. The smallest absolute Gasteiger partial charge is 0.191 e. The summed E-state index contributed by atoms with van der Waals surface area (Å²) < 4.78 is 1.97. The van der Waals surface area contributed by atoms with Crippen molar-refractivity contribution in [3.8, 4) is 0 Å². The summed E-state index contributed by atoms with van der Waals surface area (Å²) in [6.07, 6.45) is 6.30. The number of aryl methyl sites for hydroxylation is 2.